The molecule has 5 nitrogen and oxygen atoms in total. The summed E-state index contributed by atoms with van der Waals surface area (Å²) in [6.45, 7) is 10.5. The van der Waals surface area contributed by atoms with Crippen LogP contribution in [-0.2, 0) is 11.2 Å². The third-order valence-electron chi connectivity index (χ3n) is 4.40. The second-order valence-electron chi connectivity index (χ2n) is 6.34. The van der Waals surface area contributed by atoms with E-state index in [2.05, 4.69) is 35.4 Å². The molecule has 0 saturated carbocycles. The maximum Gasteiger partial charge on any atom is 0.191 e. The van der Waals surface area contributed by atoms with Gasteiger partial charge in [-0.2, -0.15) is 0 Å². The first-order valence-electron chi connectivity index (χ1n) is 9.28. The Balaban J connectivity index is 0.00000338. The zero-order valence-electron chi connectivity index (χ0n) is 15.8. The average Bonchev–Trinajstić information content (AvgIpc) is 2.65. The number of guanidine groups is 1. The Morgan fingerprint density at radius 1 is 1.27 bits per heavy atom. The highest BCUT2D eigenvalue weighted by Crippen LogP contribution is 2.16. The van der Waals surface area contributed by atoms with Crippen LogP contribution in [0.15, 0.2) is 29.3 Å². The zero-order valence-corrected chi connectivity index (χ0v) is 18.9. The molecule has 1 fully saturated rings. The fraction of sp³-hybridized carbons (Fsp3) is 0.632. The molecule has 1 aromatic carbocycles. The van der Waals surface area contributed by atoms with Crippen LogP contribution in [0.5, 0.6) is 0 Å². The van der Waals surface area contributed by atoms with Crippen LogP contribution in [0.4, 0.5) is 0 Å². The minimum absolute atomic E-state index is 0. The van der Waals surface area contributed by atoms with Crippen molar-refractivity contribution in [1.82, 2.24) is 15.5 Å². The summed E-state index contributed by atoms with van der Waals surface area (Å²) in [7, 11) is 0. The summed E-state index contributed by atoms with van der Waals surface area (Å²) < 4.78 is 5.41. The lowest BCUT2D eigenvalue weighted by Gasteiger charge is -2.31. The summed E-state index contributed by atoms with van der Waals surface area (Å²) in [4.78, 5) is 7.18. The average molecular weight is 495 g/mol. The van der Waals surface area contributed by atoms with Crippen molar-refractivity contribution < 1.29 is 4.74 Å². The van der Waals surface area contributed by atoms with Crippen LogP contribution in [-0.4, -0.2) is 62.8 Å². The van der Waals surface area contributed by atoms with Crippen LogP contribution in [0.2, 0.25) is 5.02 Å². The molecule has 0 aliphatic carbocycles. The van der Waals surface area contributed by atoms with Gasteiger partial charge >= 0.3 is 0 Å². The van der Waals surface area contributed by atoms with Gasteiger partial charge in [0.2, 0.25) is 0 Å². The lowest BCUT2D eigenvalue weighted by molar-refractivity contribution is 0.0220. The van der Waals surface area contributed by atoms with E-state index in [1.54, 1.807) is 0 Å². The molecule has 26 heavy (non-hydrogen) atoms. The molecule has 1 aliphatic rings. The van der Waals surface area contributed by atoms with Crippen molar-refractivity contribution in [3.05, 3.63) is 34.9 Å². The number of aliphatic imine (C=N–C) groups is 1. The Bertz CT molecular complexity index is 538. The van der Waals surface area contributed by atoms with Crippen molar-refractivity contribution in [2.45, 2.75) is 32.7 Å². The monoisotopic (exact) mass is 494 g/mol. The largest absolute Gasteiger partial charge is 0.379 e. The van der Waals surface area contributed by atoms with Gasteiger partial charge < -0.3 is 15.4 Å². The van der Waals surface area contributed by atoms with E-state index in [1.807, 2.05) is 18.2 Å². The van der Waals surface area contributed by atoms with E-state index < -0.39 is 0 Å². The molecule has 1 saturated heterocycles. The van der Waals surface area contributed by atoms with Crippen molar-refractivity contribution in [2.75, 3.05) is 45.9 Å². The van der Waals surface area contributed by atoms with Crippen molar-refractivity contribution in [3.8, 4) is 0 Å². The van der Waals surface area contributed by atoms with Gasteiger partial charge in [0, 0.05) is 37.2 Å². The fourth-order valence-corrected chi connectivity index (χ4v) is 3.12. The highest BCUT2D eigenvalue weighted by atomic mass is 127. The predicted octanol–water partition coefficient (Wildman–Crippen LogP) is 3.17. The molecule has 0 aromatic heterocycles. The molecule has 0 spiro atoms. The van der Waals surface area contributed by atoms with E-state index in [-0.39, 0.29) is 24.0 Å². The number of hydrogen-bond donors (Lipinski definition) is 2. The topological polar surface area (TPSA) is 48.9 Å². The van der Waals surface area contributed by atoms with Crippen molar-refractivity contribution >= 4 is 41.5 Å². The minimum atomic E-state index is 0. The molecule has 1 aliphatic heterocycles. The predicted molar refractivity (Wildman–Crippen MR) is 121 cm³/mol. The molecule has 148 valence electrons. The SMILES string of the molecule is CCNC(=NCC(C)N1CCOCC1)NCCCc1ccccc1Cl.I. The quantitative estimate of drug-likeness (QED) is 0.252. The third-order valence-corrected chi connectivity index (χ3v) is 4.77. The first-order valence-corrected chi connectivity index (χ1v) is 9.66. The molecule has 2 rings (SSSR count). The summed E-state index contributed by atoms with van der Waals surface area (Å²) in [5.41, 5.74) is 1.20. The number of nitrogens with zero attached hydrogens (tertiary/aromatic N) is 2. The van der Waals surface area contributed by atoms with Crippen LogP contribution in [0.1, 0.15) is 25.8 Å². The van der Waals surface area contributed by atoms with Gasteiger partial charge in [-0.15, -0.1) is 24.0 Å². The molecule has 0 amide bonds. The Labute approximate surface area is 179 Å². The first kappa shape index (κ1) is 23.5. The van der Waals surface area contributed by atoms with Crippen LogP contribution >= 0.6 is 35.6 Å². The highest BCUT2D eigenvalue weighted by Gasteiger charge is 2.16. The Kier molecular flexibility index (Phi) is 12.3. The van der Waals surface area contributed by atoms with E-state index in [0.717, 1.165) is 69.8 Å². The van der Waals surface area contributed by atoms with Gasteiger partial charge in [0.15, 0.2) is 5.96 Å². The molecule has 1 unspecified atom stereocenters. The normalized spacial score (nSPS) is 16.7. The number of halogens is 2. The van der Waals surface area contributed by atoms with Crippen LogP contribution in [0.25, 0.3) is 0 Å². The van der Waals surface area contributed by atoms with Crippen LogP contribution in [0.3, 0.4) is 0 Å². The Morgan fingerprint density at radius 2 is 2.00 bits per heavy atom. The molecule has 7 heteroatoms. The maximum absolute atomic E-state index is 6.20. The van der Waals surface area contributed by atoms with E-state index in [0.29, 0.717) is 6.04 Å². The summed E-state index contributed by atoms with van der Waals surface area (Å²) in [6, 6.07) is 8.47. The number of benzene rings is 1. The van der Waals surface area contributed by atoms with Gasteiger partial charge in [-0.05, 0) is 38.3 Å². The molecule has 1 atom stereocenters. The van der Waals surface area contributed by atoms with Gasteiger partial charge in [0.1, 0.15) is 0 Å². The fourth-order valence-electron chi connectivity index (χ4n) is 2.89. The van der Waals surface area contributed by atoms with E-state index in [4.69, 9.17) is 21.3 Å². The first-order chi connectivity index (χ1) is 12.2. The van der Waals surface area contributed by atoms with Gasteiger partial charge in [-0.1, -0.05) is 29.8 Å². The number of aryl methyl sites for hydroxylation is 1. The molecule has 1 aromatic rings. The molecule has 2 N–H and O–H groups in total. The molecule has 0 radical (unpaired) electrons. The van der Waals surface area contributed by atoms with E-state index in [1.165, 1.54) is 5.56 Å². The lowest BCUT2D eigenvalue weighted by Crippen LogP contribution is -2.44. The van der Waals surface area contributed by atoms with Crippen LogP contribution in [0, 0.1) is 0 Å². The molecular weight excluding hydrogens is 463 g/mol. The molecular formula is C19H32ClIN4O. The van der Waals surface area contributed by atoms with Gasteiger partial charge in [-0.25, -0.2) is 0 Å². The summed E-state index contributed by atoms with van der Waals surface area (Å²) >= 11 is 6.20. The van der Waals surface area contributed by atoms with Crippen molar-refractivity contribution in [2.24, 2.45) is 4.99 Å². The van der Waals surface area contributed by atoms with E-state index in [9.17, 15) is 0 Å². The zero-order chi connectivity index (χ0) is 17.9. The second-order valence-corrected chi connectivity index (χ2v) is 6.75. The van der Waals surface area contributed by atoms with E-state index >= 15 is 0 Å². The van der Waals surface area contributed by atoms with Crippen molar-refractivity contribution in [3.63, 3.8) is 0 Å². The number of ether oxygens (including phenoxy) is 1. The van der Waals surface area contributed by atoms with Crippen molar-refractivity contribution in [1.29, 1.82) is 0 Å². The summed E-state index contributed by atoms with van der Waals surface area (Å²) in [5.74, 6) is 0.891. The molecule has 0 bridgehead atoms. The standard InChI is InChI=1S/C19H31ClN4O.HI/c1-3-21-19(23-15-16(2)24-11-13-25-14-12-24)22-10-6-8-17-7-4-5-9-18(17)20;/h4-5,7,9,16H,3,6,8,10-15H2,1-2H3,(H2,21,22,23);1H. The summed E-state index contributed by atoms with van der Waals surface area (Å²) in [6.07, 6.45) is 1.99. The number of morpholine rings is 1. The minimum Gasteiger partial charge on any atom is -0.379 e. The Hall–Kier alpha value is -0.570. The molecule has 1 heterocycles. The smallest absolute Gasteiger partial charge is 0.191 e. The highest BCUT2D eigenvalue weighted by molar-refractivity contribution is 14.0. The van der Waals surface area contributed by atoms with Gasteiger partial charge in [-0.3, -0.25) is 9.89 Å². The number of hydrogen-bond acceptors (Lipinski definition) is 3. The lowest BCUT2D eigenvalue weighted by atomic mass is 10.1. The Morgan fingerprint density at radius 3 is 2.69 bits per heavy atom. The third kappa shape index (κ3) is 8.41. The maximum atomic E-state index is 6.20. The summed E-state index contributed by atoms with van der Waals surface area (Å²) in [5, 5.41) is 7.59. The van der Waals surface area contributed by atoms with Crippen LogP contribution < -0.4 is 10.6 Å². The number of rotatable bonds is 8. The van der Waals surface area contributed by atoms with Gasteiger partial charge in [0.25, 0.3) is 0 Å². The number of nitrogens with one attached hydrogen (secondary N) is 2. The second kappa shape index (κ2) is 13.6. The van der Waals surface area contributed by atoms with Gasteiger partial charge in [0.05, 0.1) is 19.8 Å².